The number of fused-ring (bicyclic) bond motifs is 7. The van der Waals surface area contributed by atoms with Crippen molar-refractivity contribution in [2.24, 2.45) is 0 Å². The van der Waals surface area contributed by atoms with E-state index in [2.05, 4.69) is 138 Å². The zero-order valence-electron chi connectivity index (χ0n) is 21.1. The van der Waals surface area contributed by atoms with Crippen LogP contribution in [0.5, 0.6) is 11.5 Å². The van der Waals surface area contributed by atoms with Gasteiger partial charge in [-0.2, -0.15) is 0 Å². The van der Waals surface area contributed by atoms with Gasteiger partial charge in [0.15, 0.2) is 0 Å². The summed E-state index contributed by atoms with van der Waals surface area (Å²) >= 11 is 0. The number of nitrogens with zero attached hydrogens (tertiary/aromatic N) is 1. The zero-order chi connectivity index (χ0) is 25.5. The number of hydrogen-bond donors (Lipinski definition) is 0. The van der Waals surface area contributed by atoms with E-state index in [9.17, 15) is 0 Å². The quantitative estimate of drug-likeness (QED) is 0.235. The van der Waals surface area contributed by atoms with Crippen molar-refractivity contribution in [2.45, 2.75) is 0 Å². The largest absolute Gasteiger partial charge is 0.458 e. The van der Waals surface area contributed by atoms with Gasteiger partial charge in [0.1, 0.15) is 11.5 Å². The third kappa shape index (κ3) is 2.87. The molecule has 1 aromatic heterocycles. The van der Waals surface area contributed by atoms with E-state index < -0.39 is 0 Å². The third-order valence-electron chi connectivity index (χ3n) is 8.45. The molecule has 6 aromatic carbocycles. The SMILES string of the molecule is c1ccc(-c2ccc3c(c2)Oc2cc(-c4ccccc4)cc4c2B3c2cccc3c5ccccc5n-4c23)cc1. The Kier molecular flexibility index (Phi) is 4.17. The fourth-order valence-corrected chi connectivity index (χ4v) is 6.77. The molecular formula is C36H22BNO. The van der Waals surface area contributed by atoms with Crippen LogP contribution in [0, 0.1) is 0 Å². The maximum atomic E-state index is 6.83. The van der Waals surface area contributed by atoms with Gasteiger partial charge in [-0.1, -0.05) is 109 Å². The first-order chi connectivity index (χ1) is 19.3. The van der Waals surface area contributed by atoms with Gasteiger partial charge < -0.3 is 9.30 Å². The van der Waals surface area contributed by atoms with Crippen LogP contribution in [0.25, 0.3) is 49.7 Å². The van der Waals surface area contributed by atoms with Crippen LogP contribution in [0.1, 0.15) is 0 Å². The van der Waals surface area contributed by atoms with Gasteiger partial charge >= 0.3 is 0 Å². The minimum atomic E-state index is 0.105. The Balaban J connectivity index is 1.39. The Bertz CT molecular complexity index is 2090. The predicted molar refractivity (Wildman–Crippen MR) is 163 cm³/mol. The second kappa shape index (κ2) is 7.75. The summed E-state index contributed by atoms with van der Waals surface area (Å²) < 4.78 is 9.30. The van der Waals surface area contributed by atoms with Gasteiger partial charge in [-0.15, -0.1) is 0 Å². The molecule has 2 nitrogen and oxygen atoms in total. The Morgan fingerprint density at radius 3 is 2.00 bits per heavy atom. The van der Waals surface area contributed by atoms with Crippen LogP contribution < -0.4 is 21.1 Å². The van der Waals surface area contributed by atoms with E-state index >= 15 is 0 Å². The summed E-state index contributed by atoms with van der Waals surface area (Å²) in [6, 6.07) is 48.0. The summed E-state index contributed by atoms with van der Waals surface area (Å²) in [7, 11) is 0. The normalized spacial score (nSPS) is 12.8. The average molecular weight is 495 g/mol. The summed E-state index contributed by atoms with van der Waals surface area (Å²) in [5, 5.41) is 2.58. The van der Waals surface area contributed by atoms with Crippen molar-refractivity contribution >= 4 is 44.9 Å². The molecule has 0 amide bonds. The van der Waals surface area contributed by atoms with Gasteiger partial charge in [0.25, 0.3) is 6.71 Å². The first-order valence-electron chi connectivity index (χ1n) is 13.5. The Hall–Kier alpha value is -5.02. The molecule has 3 heteroatoms. The molecule has 0 atom stereocenters. The van der Waals surface area contributed by atoms with Gasteiger partial charge in [-0.25, -0.2) is 0 Å². The predicted octanol–water partition coefficient (Wildman–Crippen LogP) is 7.05. The maximum Gasteiger partial charge on any atom is 0.256 e. The van der Waals surface area contributed by atoms with Gasteiger partial charge in [0.2, 0.25) is 0 Å². The fraction of sp³-hybridized carbons (Fsp3) is 0. The monoisotopic (exact) mass is 495 g/mol. The van der Waals surface area contributed by atoms with Crippen molar-refractivity contribution in [3.63, 3.8) is 0 Å². The molecule has 0 bridgehead atoms. The van der Waals surface area contributed by atoms with Crippen LogP contribution in [0.3, 0.4) is 0 Å². The smallest absolute Gasteiger partial charge is 0.256 e. The van der Waals surface area contributed by atoms with E-state index in [1.165, 1.54) is 60.6 Å². The highest BCUT2D eigenvalue weighted by Gasteiger charge is 2.40. The minimum absolute atomic E-state index is 0.105. The number of hydrogen-bond acceptors (Lipinski definition) is 1. The van der Waals surface area contributed by atoms with Crippen molar-refractivity contribution in [1.82, 2.24) is 4.57 Å². The lowest BCUT2D eigenvalue weighted by molar-refractivity contribution is 0.487. The number of aromatic nitrogens is 1. The summed E-state index contributed by atoms with van der Waals surface area (Å²) in [5.74, 6) is 1.88. The molecule has 0 unspecified atom stereocenters. The molecule has 0 radical (unpaired) electrons. The Morgan fingerprint density at radius 2 is 1.18 bits per heavy atom. The number of rotatable bonds is 2. The van der Waals surface area contributed by atoms with E-state index in [0.717, 1.165) is 17.1 Å². The summed E-state index contributed by atoms with van der Waals surface area (Å²) in [4.78, 5) is 0. The van der Waals surface area contributed by atoms with Gasteiger partial charge in [0, 0.05) is 22.0 Å². The van der Waals surface area contributed by atoms with Crippen molar-refractivity contribution in [3.8, 4) is 39.4 Å². The van der Waals surface area contributed by atoms with Crippen LogP contribution in [0.15, 0.2) is 133 Å². The molecule has 0 spiro atoms. The van der Waals surface area contributed by atoms with E-state index in [0.29, 0.717) is 0 Å². The summed E-state index contributed by atoms with van der Waals surface area (Å²) in [6.07, 6.45) is 0. The Morgan fingerprint density at radius 1 is 0.487 bits per heavy atom. The van der Waals surface area contributed by atoms with Crippen molar-refractivity contribution in [2.75, 3.05) is 0 Å². The number of benzene rings is 6. The van der Waals surface area contributed by atoms with E-state index in [-0.39, 0.29) is 6.71 Å². The highest BCUT2D eigenvalue weighted by atomic mass is 16.5. The minimum Gasteiger partial charge on any atom is -0.458 e. The van der Waals surface area contributed by atoms with Crippen LogP contribution >= 0.6 is 0 Å². The molecule has 0 aliphatic carbocycles. The second-order valence-corrected chi connectivity index (χ2v) is 10.5. The lowest BCUT2D eigenvalue weighted by Gasteiger charge is -2.34. The molecule has 2 aliphatic heterocycles. The third-order valence-corrected chi connectivity index (χ3v) is 8.45. The highest BCUT2D eigenvalue weighted by molar-refractivity contribution is 6.99. The molecule has 0 saturated carbocycles. The van der Waals surface area contributed by atoms with Gasteiger partial charge in [-0.3, -0.25) is 0 Å². The van der Waals surface area contributed by atoms with Crippen LogP contribution in [-0.2, 0) is 0 Å². The lowest BCUT2D eigenvalue weighted by Crippen LogP contribution is -2.58. The molecule has 180 valence electrons. The molecule has 0 fully saturated rings. The summed E-state index contributed by atoms with van der Waals surface area (Å²) in [5.41, 5.74) is 12.3. The number of para-hydroxylation sites is 2. The molecule has 3 heterocycles. The topological polar surface area (TPSA) is 14.2 Å². The molecule has 0 N–H and O–H groups in total. The molecule has 7 aromatic rings. The van der Waals surface area contributed by atoms with Crippen molar-refractivity contribution < 1.29 is 4.74 Å². The molecular weight excluding hydrogens is 473 g/mol. The van der Waals surface area contributed by atoms with E-state index in [1.807, 2.05) is 0 Å². The average Bonchev–Trinajstić information content (AvgIpc) is 3.35. The first-order valence-corrected chi connectivity index (χ1v) is 13.5. The van der Waals surface area contributed by atoms with Crippen molar-refractivity contribution in [1.29, 1.82) is 0 Å². The Labute approximate surface area is 226 Å². The molecule has 39 heavy (non-hydrogen) atoms. The van der Waals surface area contributed by atoms with E-state index in [4.69, 9.17) is 4.74 Å². The zero-order valence-corrected chi connectivity index (χ0v) is 21.1. The van der Waals surface area contributed by atoms with E-state index in [1.54, 1.807) is 0 Å². The lowest BCUT2D eigenvalue weighted by atomic mass is 9.34. The number of ether oxygens (including phenoxy) is 1. The summed E-state index contributed by atoms with van der Waals surface area (Å²) in [6.45, 7) is 0.105. The van der Waals surface area contributed by atoms with Crippen LogP contribution in [0.4, 0.5) is 0 Å². The van der Waals surface area contributed by atoms with Crippen LogP contribution in [-0.4, -0.2) is 11.3 Å². The maximum absolute atomic E-state index is 6.83. The van der Waals surface area contributed by atoms with Crippen LogP contribution in [0.2, 0.25) is 0 Å². The first kappa shape index (κ1) is 21.0. The fourth-order valence-electron chi connectivity index (χ4n) is 6.77. The molecule has 0 saturated heterocycles. The highest BCUT2D eigenvalue weighted by Crippen LogP contribution is 2.40. The second-order valence-electron chi connectivity index (χ2n) is 10.5. The van der Waals surface area contributed by atoms with Crippen molar-refractivity contribution in [3.05, 3.63) is 133 Å². The standard InChI is InChI=1S/C36H22BNO/c1-3-10-23(11-4-1)25-18-19-29-33(21-25)39-34-22-26(24-12-5-2-6-13-24)20-32-35(34)37(29)30-16-9-15-28-27-14-7-8-17-31(27)38(32)36(28)30/h1-22H. The van der Waals surface area contributed by atoms with Gasteiger partial charge in [0.05, 0.1) is 5.52 Å². The molecule has 2 aliphatic rings. The molecule has 9 rings (SSSR count). The van der Waals surface area contributed by atoms with Gasteiger partial charge in [-0.05, 0) is 62.9 Å².